The number of carbonyl (C=O) groups is 6. The lowest BCUT2D eigenvalue weighted by Gasteiger charge is -2.36. The fourth-order valence-electron chi connectivity index (χ4n) is 7.59. The van der Waals surface area contributed by atoms with Crippen LogP contribution in [0.4, 0.5) is 5.69 Å². The van der Waals surface area contributed by atoms with Crippen LogP contribution in [0.3, 0.4) is 0 Å². The summed E-state index contributed by atoms with van der Waals surface area (Å²) in [6, 6.07) is 14.3. The molecule has 3 aromatic carbocycles. The molecule has 2 aliphatic heterocycles. The Balaban J connectivity index is 0.888. The van der Waals surface area contributed by atoms with Gasteiger partial charge in [0.05, 0.1) is 5.56 Å². The minimum absolute atomic E-state index is 0.0401. The highest BCUT2D eigenvalue weighted by atomic mass is 32.1. The molecule has 0 aromatic heterocycles. The van der Waals surface area contributed by atoms with E-state index in [1.165, 1.54) is 31.2 Å². The third-order valence-corrected chi connectivity index (χ3v) is 11.4. The third-order valence-electron chi connectivity index (χ3n) is 11.2. The Bertz CT molecular complexity index is 2230. The second-order valence-electron chi connectivity index (χ2n) is 16.2. The number of carbonyl (C=O) groups excluding carboxylic acids is 6. The van der Waals surface area contributed by atoms with E-state index in [4.69, 9.17) is 21.7 Å². The zero-order valence-electron chi connectivity index (χ0n) is 37.4. The van der Waals surface area contributed by atoms with Crippen molar-refractivity contribution < 1.29 is 64.1 Å². The van der Waals surface area contributed by atoms with Crippen LogP contribution in [0, 0.1) is 0 Å². The Morgan fingerprint density at radius 2 is 1.06 bits per heavy atom. The zero-order valence-corrected chi connectivity index (χ0v) is 38.2. The first-order valence-corrected chi connectivity index (χ1v) is 22.8. The first-order valence-electron chi connectivity index (χ1n) is 22.4. The molecule has 5 amide bonds. The van der Waals surface area contributed by atoms with Crippen molar-refractivity contribution in [1.82, 2.24) is 31.1 Å². The van der Waals surface area contributed by atoms with Crippen LogP contribution in [0.2, 0.25) is 0 Å². The molecule has 5 rings (SSSR count). The minimum Gasteiger partial charge on any atom is -0.508 e. The number of hydrogen-bond donors (Lipinski definition) is 9. The fraction of sp³-hybridized carbons (Fsp3) is 0.457. The maximum absolute atomic E-state index is 13.4. The van der Waals surface area contributed by atoms with Crippen LogP contribution < -0.4 is 26.0 Å². The van der Waals surface area contributed by atoms with Gasteiger partial charge in [-0.3, -0.25) is 39.6 Å². The second kappa shape index (κ2) is 24.8. The number of ether oxygens (including phenoxy) is 2. The number of anilines is 1. The minimum atomic E-state index is -1.38. The molecule has 0 aliphatic carbocycles. The van der Waals surface area contributed by atoms with Crippen molar-refractivity contribution in [2.45, 2.75) is 96.0 Å². The second-order valence-corrected chi connectivity index (χ2v) is 16.6. The van der Waals surface area contributed by atoms with Gasteiger partial charge in [0.2, 0.25) is 29.5 Å². The number of rotatable bonds is 25. The lowest BCUT2D eigenvalue weighted by atomic mass is 9.77. The summed E-state index contributed by atoms with van der Waals surface area (Å²) >= 11 is 5.48. The molecule has 2 heterocycles. The van der Waals surface area contributed by atoms with Crippen LogP contribution in [0.15, 0.2) is 54.6 Å². The molecule has 0 atom stereocenters. The lowest BCUT2D eigenvalue weighted by Crippen LogP contribution is -2.33. The molecule has 3 aromatic rings. The van der Waals surface area contributed by atoms with Crippen LogP contribution in [-0.4, -0.2) is 121 Å². The van der Waals surface area contributed by atoms with Crippen molar-refractivity contribution in [3.63, 3.8) is 0 Å². The average Bonchev–Trinajstić information content (AvgIpc) is 3.58. The van der Waals surface area contributed by atoms with Gasteiger partial charge in [-0.25, -0.2) is 20.0 Å². The van der Waals surface area contributed by atoms with Gasteiger partial charge < -0.3 is 41.0 Å². The summed E-state index contributed by atoms with van der Waals surface area (Å²) in [5.41, 5.74) is 1.05. The highest BCUT2D eigenvalue weighted by molar-refractivity contribution is 7.80. The monoisotopic (exact) mass is 949 g/mol. The summed E-state index contributed by atoms with van der Waals surface area (Å²) in [6.45, 7) is 2.87. The number of hydrogen-bond acceptors (Lipinski definition) is 14. The summed E-state index contributed by atoms with van der Waals surface area (Å²) in [4.78, 5) is 73.1. The molecule has 2 aliphatic rings. The van der Waals surface area contributed by atoms with Crippen molar-refractivity contribution in [3.8, 4) is 23.0 Å². The Labute approximate surface area is 393 Å². The third kappa shape index (κ3) is 14.5. The Morgan fingerprint density at radius 3 is 1.55 bits per heavy atom. The smallest absolute Gasteiger partial charge is 0.340 e. The number of fused-ring (bicyclic) bond motifs is 6. The SMILES string of the molecule is CC(=O)N(O)CCCCCNC(=O)CCC(=O)N(O)CCCCCNC(=O)CCC(=O)N(O)CCCCCNC(=S)Nc1ccc2c(c1)C(=O)OC21c2ccc(O)cc2Oc2cc(O)ccc21. The number of benzene rings is 3. The molecule has 0 bridgehead atoms. The van der Waals surface area contributed by atoms with Crippen LogP contribution in [0.5, 0.6) is 23.0 Å². The van der Waals surface area contributed by atoms with E-state index >= 15 is 0 Å². The number of nitrogens with zero attached hydrogens (tertiary/aromatic N) is 3. The van der Waals surface area contributed by atoms with E-state index < -0.39 is 29.3 Å². The van der Waals surface area contributed by atoms with Crippen molar-refractivity contribution in [2.24, 2.45) is 0 Å². The van der Waals surface area contributed by atoms with Gasteiger partial charge in [-0.15, -0.1) is 0 Å². The fourth-order valence-corrected chi connectivity index (χ4v) is 7.81. The van der Waals surface area contributed by atoms with E-state index in [1.54, 1.807) is 30.3 Å². The Kier molecular flexibility index (Phi) is 19.1. The van der Waals surface area contributed by atoms with E-state index in [0.29, 0.717) is 126 Å². The first-order chi connectivity index (χ1) is 32.1. The van der Waals surface area contributed by atoms with Gasteiger partial charge in [0, 0.05) is 106 Å². The first kappa shape index (κ1) is 51.4. The molecule has 0 radical (unpaired) electrons. The maximum Gasteiger partial charge on any atom is 0.340 e. The molecule has 1 spiro atoms. The molecule has 0 fully saturated rings. The molecule has 20 nitrogen and oxygen atoms in total. The number of phenols is 2. The maximum atomic E-state index is 13.4. The van der Waals surface area contributed by atoms with Crippen molar-refractivity contribution in [2.75, 3.05) is 44.6 Å². The van der Waals surface area contributed by atoms with E-state index in [0.717, 1.165) is 0 Å². The van der Waals surface area contributed by atoms with Gasteiger partial charge >= 0.3 is 5.97 Å². The van der Waals surface area contributed by atoms with E-state index in [9.17, 15) is 54.6 Å². The molecule has 21 heteroatoms. The number of unbranched alkanes of at least 4 members (excludes halogenated alkanes) is 6. The van der Waals surface area contributed by atoms with Crippen molar-refractivity contribution in [1.29, 1.82) is 0 Å². The Morgan fingerprint density at radius 1 is 0.597 bits per heavy atom. The average molecular weight is 950 g/mol. The number of nitrogens with one attached hydrogen (secondary N) is 4. The molecule has 67 heavy (non-hydrogen) atoms. The normalized spacial score (nSPS) is 12.7. The summed E-state index contributed by atoms with van der Waals surface area (Å²) < 4.78 is 12.1. The van der Waals surface area contributed by atoms with Gasteiger partial charge in [0.1, 0.15) is 23.0 Å². The van der Waals surface area contributed by atoms with Gasteiger partial charge in [0.25, 0.3) is 0 Å². The van der Waals surface area contributed by atoms with E-state index in [-0.39, 0.29) is 80.1 Å². The molecule has 0 saturated carbocycles. The topological polar surface area (TPSA) is 280 Å². The highest BCUT2D eigenvalue weighted by Gasteiger charge is 2.53. The molecular formula is C46H59N7O13S. The Hall–Kier alpha value is -6.55. The number of esters is 1. The van der Waals surface area contributed by atoms with Crippen LogP contribution in [0.1, 0.15) is 117 Å². The summed E-state index contributed by atoms with van der Waals surface area (Å²) in [5.74, 6) is -2.34. The summed E-state index contributed by atoms with van der Waals surface area (Å²) in [6.07, 6.45) is 4.94. The van der Waals surface area contributed by atoms with Crippen molar-refractivity contribution >= 4 is 58.5 Å². The van der Waals surface area contributed by atoms with Crippen LogP contribution in [-0.2, 0) is 34.3 Å². The number of phenolic OH excluding ortho intramolecular Hbond substituents is 2. The van der Waals surface area contributed by atoms with Gasteiger partial charge in [-0.05, 0) is 106 Å². The van der Waals surface area contributed by atoms with Gasteiger partial charge in [-0.1, -0.05) is 6.07 Å². The molecule has 0 saturated heterocycles. The van der Waals surface area contributed by atoms with Crippen LogP contribution >= 0.6 is 12.2 Å². The standard InChI is InChI=1S/C46H59N7O13S/c1-30(54)51(62)24-8-2-5-21-47-40(57)17-19-42(59)52(63)25-9-3-6-22-48-41(58)18-20-43(60)53(64)26-10-4-7-23-49-45(67)50-31-11-14-35-34(27-31)44(61)66-46(35)36-15-12-32(55)28-38(36)65-39-29-33(56)13-16-37(39)46/h11-16,27-29,55-56,62-64H,2-10,17-26H2,1H3,(H,47,57)(H,48,58)(H2,49,50,67). The van der Waals surface area contributed by atoms with Crippen molar-refractivity contribution in [3.05, 3.63) is 76.9 Å². The molecule has 9 N–H and O–H groups in total. The van der Waals surface area contributed by atoms with Crippen LogP contribution in [0.25, 0.3) is 0 Å². The van der Waals surface area contributed by atoms with Gasteiger partial charge in [0.15, 0.2) is 10.7 Å². The summed E-state index contributed by atoms with van der Waals surface area (Å²) in [7, 11) is 0. The largest absolute Gasteiger partial charge is 0.508 e. The highest BCUT2D eigenvalue weighted by Crippen LogP contribution is 2.57. The van der Waals surface area contributed by atoms with Gasteiger partial charge in [-0.2, -0.15) is 0 Å². The number of thiocarbonyl (C=S) groups is 1. The number of aromatic hydroxyl groups is 2. The lowest BCUT2D eigenvalue weighted by molar-refractivity contribution is -0.166. The zero-order chi connectivity index (χ0) is 48.5. The molecule has 0 unspecified atom stereocenters. The molecular weight excluding hydrogens is 891 g/mol. The number of hydroxylamine groups is 6. The number of amides is 5. The molecule has 362 valence electrons. The quantitative estimate of drug-likeness (QED) is 0.0179. The predicted octanol–water partition coefficient (Wildman–Crippen LogP) is 4.93. The summed E-state index contributed by atoms with van der Waals surface area (Å²) in [5, 5.41) is 63.6. The van der Waals surface area contributed by atoms with E-state index in [1.807, 2.05) is 0 Å². The predicted molar refractivity (Wildman–Crippen MR) is 244 cm³/mol. The van der Waals surface area contributed by atoms with E-state index in [2.05, 4.69) is 21.3 Å².